The van der Waals surface area contributed by atoms with Crippen molar-refractivity contribution in [1.29, 1.82) is 0 Å². The summed E-state index contributed by atoms with van der Waals surface area (Å²) in [7, 11) is 0. The molecule has 5 heteroatoms. The number of carbonyl (C=O) groups is 1. The van der Waals surface area contributed by atoms with Gasteiger partial charge in [0.2, 0.25) is 5.91 Å². The van der Waals surface area contributed by atoms with Crippen molar-refractivity contribution in [3.63, 3.8) is 0 Å². The Balaban J connectivity index is 2.16. The molecule has 3 N–H and O–H groups in total. The van der Waals surface area contributed by atoms with E-state index in [1.807, 2.05) is 42.0 Å². The van der Waals surface area contributed by atoms with Crippen molar-refractivity contribution in [2.75, 3.05) is 5.32 Å². The van der Waals surface area contributed by atoms with Gasteiger partial charge in [-0.3, -0.25) is 4.79 Å². The molecule has 0 fully saturated rings. The highest BCUT2D eigenvalue weighted by Crippen LogP contribution is 2.14. The molecular weight excluding hydrogens is 228 g/mol. The molecule has 1 aromatic heterocycles. The Labute approximate surface area is 106 Å². The average molecular weight is 244 g/mol. The number of hydrogen-bond donors (Lipinski definition) is 2. The van der Waals surface area contributed by atoms with Gasteiger partial charge < -0.3 is 15.6 Å². The summed E-state index contributed by atoms with van der Waals surface area (Å²) in [6.45, 7) is 1.88. The molecule has 0 bridgehead atoms. The van der Waals surface area contributed by atoms with Crippen molar-refractivity contribution in [1.82, 2.24) is 9.55 Å². The van der Waals surface area contributed by atoms with Crippen LogP contribution >= 0.6 is 0 Å². The van der Waals surface area contributed by atoms with Crippen LogP contribution in [0, 0.1) is 0 Å². The number of nitrogens with two attached hydrogens (primary N) is 1. The van der Waals surface area contributed by atoms with Gasteiger partial charge in [0.15, 0.2) is 0 Å². The lowest BCUT2D eigenvalue weighted by atomic mass is 10.2. The minimum Gasteiger partial charge on any atom is -0.325 e. The van der Waals surface area contributed by atoms with Crippen LogP contribution in [0.1, 0.15) is 13.3 Å². The number of aromatic nitrogens is 2. The summed E-state index contributed by atoms with van der Waals surface area (Å²) in [4.78, 5) is 15.7. The number of anilines is 1. The first-order chi connectivity index (χ1) is 8.70. The highest BCUT2D eigenvalue weighted by atomic mass is 16.2. The molecule has 94 valence electrons. The van der Waals surface area contributed by atoms with Gasteiger partial charge >= 0.3 is 0 Å². The first kappa shape index (κ1) is 12.3. The van der Waals surface area contributed by atoms with Crippen molar-refractivity contribution >= 4 is 11.6 Å². The third-order valence-corrected chi connectivity index (χ3v) is 2.69. The summed E-state index contributed by atoms with van der Waals surface area (Å²) in [6.07, 6.45) is 5.88. The van der Waals surface area contributed by atoms with Gasteiger partial charge in [0.25, 0.3) is 0 Å². The van der Waals surface area contributed by atoms with E-state index >= 15 is 0 Å². The Morgan fingerprint density at radius 2 is 2.39 bits per heavy atom. The summed E-state index contributed by atoms with van der Waals surface area (Å²) < 4.78 is 1.87. The van der Waals surface area contributed by atoms with E-state index in [0.717, 1.165) is 11.4 Å². The van der Waals surface area contributed by atoms with E-state index in [-0.39, 0.29) is 5.91 Å². The van der Waals surface area contributed by atoms with Crippen LogP contribution in [0.3, 0.4) is 0 Å². The van der Waals surface area contributed by atoms with Gasteiger partial charge in [-0.2, -0.15) is 0 Å². The Hall–Kier alpha value is -2.14. The van der Waals surface area contributed by atoms with E-state index in [1.54, 1.807) is 12.5 Å². The van der Waals surface area contributed by atoms with Crippen LogP contribution < -0.4 is 11.1 Å². The maximum atomic E-state index is 11.7. The van der Waals surface area contributed by atoms with Crippen LogP contribution in [-0.2, 0) is 4.79 Å². The fraction of sp³-hybridized carbons (Fsp3) is 0.231. The SMILES string of the molecule is CCC(N)C(=O)Nc1cccc(-n2ccnc2)c1. The normalized spacial score (nSPS) is 12.1. The lowest BCUT2D eigenvalue weighted by Gasteiger charge is -2.11. The molecule has 2 aromatic rings. The van der Waals surface area contributed by atoms with E-state index < -0.39 is 6.04 Å². The topological polar surface area (TPSA) is 72.9 Å². The van der Waals surface area contributed by atoms with E-state index in [1.165, 1.54) is 0 Å². The minimum atomic E-state index is -0.470. The number of amides is 1. The molecule has 0 saturated heterocycles. The lowest BCUT2D eigenvalue weighted by Crippen LogP contribution is -2.34. The molecule has 0 spiro atoms. The van der Waals surface area contributed by atoms with Crippen LogP contribution in [0.15, 0.2) is 43.0 Å². The summed E-state index contributed by atoms with van der Waals surface area (Å²) >= 11 is 0. The Kier molecular flexibility index (Phi) is 3.74. The molecule has 5 nitrogen and oxygen atoms in total. The number of imidazole rings is 1. The second-order valence-corrected chi connectivity index (χ2v) is 4.02. The standard InChI is InChI=1S/C13H16N4O/c1-2-12(14)13(18)16-10-4-3-5-11(8-10)17-7-6-15-9-17/h3-9,12H,2,14H2,1H3,(H,16,18). The fourth-order valence-electron chi connectivity index (χ4n) is 1.58. The molecule has 1 atom stereocenters. The summed E-state index contributed by atoms with van der Waals surface area (Å²) in [6, 6.07) is 7.06. The molecule has 0 radical (unpaired) electrons. The molecule has 0 saturated carbocycles. The molecular formula is C13H16N4O. The van der Waals surface area contributed by atoms with Crippen molar-refractivity contribution in [3.05, 3.63) is 43.0 Å². The largest absolute Gasteiger partial charge is 0.325 e. The van der Waals surface area contributed by atoms with E-state index in [0.29, 0.717) is 6.42 Å². The number of nitrogens with zero attached hydrogens (tertiary/aromatic N) is 2. The predicted octanol–water partition coefficient (Wildman–Crippen LogP) is 1.55. The average Bonchev–Trinajstić information content (AvgIpc) is 2.92. The predicted molar refractivity (Wildman–Crippen MR) is 70.5 cm³/mol. The van der Waals surface area contributed by atoms with Gasteiger partial charge in [-0.05, 0) is 24.6 Å². The summed E-state index contributed by atoms with van der Waals surface area (Å²) in [5.41, 5.74) is 7.34. The van der Waals surface area contributed by atoms with Gasteiger partial charge in [-0.25, -0.2) is 4.98 Å². The minimum absolute atomic E-state index is 0.166. The van der Waals surface area contributed by atoms with Crippen molar-refractivity contribution in [2.45, 2.75) is 19.4 Å². The molecule has 1 amide bonds. The molecule has 2 rings (SSSR count). The molecule has 1 aromatic carbocycles. The Morgan fingerprint density at radius 1 is 1.56 bits per heavy atom. The van der Waals surface area contributed by atoms with Crippen LogP contribution in [-0.4, -0.2) is 21.5 Å². The summed E-state index contributed by atoms with van der Waals surface area (Å²) in [5.74, 6) is -0.166. The van der Waals surface area contributed by atoms with Crippen molar-refractivity contribution in [2.24, 2.45) is 5.73 Å². The first-order valence-electron chi connectivity index (χ1n) is 5.85. The molecule has 1 unspecified atom stereocenters. The molecule has 0 aliphatic heterocycles. The Morgan fingerprint density at radius 3 is 3.06 bits per heavy atom. The second-order valence-electron chi connectivity index (χ2n) is 4.02. The second kappa shape index (κ2) is 5.46. The maximum absolute atomic E-state index is 11.7. The smallest absolute Gasteiger partial charge is 0.241 e. The van der Waals surface area contributed by atoms with Crippen LogP contribution in [0.2, 0.25) is 0 Å². The Bertz CT molecular complexity index is 522. The molecule has 18 heavy (non-hydrogen) atoms. The van der Waals surface area contributed by atoms with Gasteiger partial charge in [-0.1, -0.05) is 13.0 Å². The number of benzene rings is 1. The van der Waals surface area contributed by atoms with Crippen LogP contribution in [0.5, 0.6) is 0 Å². The molecule has 1 heterocycles. The maximum Gasteiger partial charge on any atom is 0.241 e. The fourth-order valence-corrected chi connectivity index (χ4v) is 1.58. The van der Waals surface area contributed by atoms with Crippen LogP contribution in [0.4, 0.5) is 5.69 Å². The zero-order valence-electron chi connectivity index (χ0n) is 10.2. The quantitative estimate of drug-likeness (QED) is 0.857. The van der Waals surface area contributed by atoms with E-state index in [9.17, 15) is 4.79 Å². The number of hydrogen-bond acceptors (Lipinski definition) is 3. The highest BCUT2D eigenvalue weighted by molar-refractivity contribution is 5.94. The number of nitrogens with one attached hydrogen (secondary N) is 1. The van der Waals surface area contributed by atoms with Gasteiger partial charge in [-0.15, -0.1) is 0 Å². The van der Waals surface area contributed by atoms with E-state index in [2.05, 4.69) is 10.3 Å². The highest BCUT2D eigenvalue weighted by Gasteiger charge is 2.10. The summed E-state index contributed by atoms with van der Waals surface area (Å²) in [5, 5.41) is 2.80. The third-order valence-electron chi connectivity index (χ3n) is 2.69. The lowest BCUT2D eigenvalue weighted by molar-refractivity contribution is -0.117. The first-order valence-corrected chi connectivity index (χ1v) is 5.85. The van der Waals surface area contributed by atoms with Crippen LogP contribution in [0.25, 0.3) is 5.69 Å². The molecule has 0 aliphatic rings. The zero-order chi connectivity index (χ0) is 13.0. The van der Waals surface area contributed by atoms with Gasteiger partial charge in [0.05, 0.1) is 12.4 Å². The zero-order valence-corrected chi connectivity index (χ0v) is 10.2. The van der Waals surface area contributed by atoms with Crippen molar-refractivity contribution in [3.8, 4) is 5.69 Å². The van der Waals surface area contributed by atoms with Crippen molar-refractivity contribution < 1.29 is 4.79 Å². The number of rotatable bonds is 4. The third kappa shape index (κ3) is 2.75. The number of carbonyl (C=O) groups excluding carboxylic acids is 1. The van der Waals surface area contributed by atoms with Gasteiger partial charge in [0.1, 0.15) is 0 Å². The van der Waals surface area contributed by atoms with E-state index in [4.69, 9.17) is 5.73 Å². The monoisotopic (exact) mass is 244 g/mol. The molecule has 0 aliphatic carbocycles. The van der Waals surface area contributed by atoms with Gasteiger partial charge in [0, 0.05) is 23.8 Å².